The molecule has 2 N–H and O–H groups in total. The predicted molar refractivity (Wildman–Crippen MR) is 135 cm³/mol. The van der Waals surface area contributed by atoms with Crippen LogP contribution < -0.4 is 15.6 Å². The SMILES string of the molecule is CC(C)COc1ccc(C(=O)NNC(=O)C=Cc2ccc(S(=O)(=O)N3CCCCCC3)cc2)cc1. The summed E-state index contributed by atoms with van der Waals surface area (Å²) in [5.41, 5.74) is 5.74. The van der Waals surface area contributed by atoms with E-state index in [1.807, 2.05) is 0 Å². The van der Waals surface area contributed by atoms with Crippen LogP contribution in [0.2, 0.25) is 0 Å². The molecule has 1 aliphatic rings. The van der Waals surface area contributed by atoms with E-state index in [1.54, 1.807) is 58.9 Å². The molecule has 0 bridgehead atoms. The second-order valence-electron chi connectivity index (χ2n) is 8.89. The number of ether oxygens (including phenoxy) is 1. The highest BCUT2D eigenvalue weighted by Gasteiger charge is 2.24. The van der Waals surface area contributed by atoms with Gasteiger partial charge in [0.25, 0.3) is 11.8 Å². The Morgan fingerprint density at radius 3 is 2.17 bits per heavy atom. The number of hydrogen-bond acceptors (Lipinski definition) is 5. The molecule has 9 heteroatoms. The number of benzene rings is 2. The molecule has 2 aromatic carbocycles. The van der Waals surface area contributed by atoms with Gasteiger partial charge in [0.05, 0.1) is 11.5 Å². The van der Waals surface area contributed by atoms with Gasteiger partial charge in [0.1, 0.15) is 5.75 Å². The second kappa shape index (κ2) is 12.5. The average Bonchev–Trinajstić information content (AvgIpc) is 3.16. The summed E-state index contributed by atoms with van der Waals surface area (Å²) >= 11 is 0. The van der Waals surface area contributed by atoms with Crippen molar-refractivity contribution in [3.8, 4) is 5.75 Å². The summed E-state index contributed by atoms with van der Waals surface area (Å²) in [4.78, 5) is 24.6. The third-order valence-corrected chi connectivity index (χ3v) is 7.42. The van der Waals surface area contributed by atoms with Crippen molar-refractivity contribution in [1.29, 1.82) is 0 Å². The summed E-state index contributed by atoms with van der Waals surface area (Å²) in [6.07, 6.45) is 6.68. The Morgan fingerprint density at radius 1 is 0.943 bits per heavy atom. The number of carbonyl (C=O) groups is 2. The summed E-state index contributed by atoms with van der Waals surface area (Å²) in [6.45, 7) is 5.79. The minimum absolute atomic E-state index is 0.244. The first kappa shape index (κ1) is 26.4. The molecule has 0 aromatic heterocycles. The predicted octanol–water partition coefficient (Wildman–Crippen LogP) is 3.76. The van der Waals surface area contributed by atoms with Crippen LogP contribution in [0.5, 0.6) is 5.75 Å². The van der Waals surface area contributed by atoms with Crippen LogP contribution in [0.25, 0.3) is 6.08 Å². The van der Waals surface area contributed by atoms with E-state index in [9.17, 15) is 18.0 Å². The fraction of sp³-hybridized carbons (Fsp3) is 0.385. The maximum absolute atomic E-state index is 12.9. The van der Waals surface area contributed by atoms with Crippen molar-refractivity contribution < 1.29 is 22.7 Å². The van der Waals surface area contributed by atoms with Crippen LogP contribution >= 0.6 is 0 Å². The van der Waals surface area contributed by atoms with Gasteiger partial charge < -0.3 is 4.74 Å². The molecule has 0 unspecified atom stereocenters. The number of sulfonamides is 1. The Balaban J connectivity index is 1.50. The summed E-state index contributed by atoms with van der Waals surface area (Å²) in [5.74, 6) is 0.102. The average molecular weight is 500 g/mol. The highest BCUT2D eigenvalue weighted by Crippen LogP contribution is 2.21. The Bertz CT molecular complexity index is 1120. The van der Waals surface area contributed by atoms with Gasteiger partial charge in [-0.05, 0) is 66.8 Å². The van der Waals surface area contributed by atoms with E-state index in [1.165, 1.54) is 6.08 Å². The maximum Gasteiger partial charge on any atom is 0.269 e. The zero-order chi connectivity index (χ0) is 25.3. The van der Waals surface area contributed by atoms with Gasteiger partial charge in [-0.3, -0.25) is 20.4 Å². The third kappa shape index (κ3) is 7.93. The van der Waals surface area contributed by atoms with Gasteiger partial charge in [0.15, 0.2) is 0 Å². The van der Waals surface area contributed by atoms with Gasteiger partial charge >= 0.3 is 0 Å². The van der Waals surface area contributed by atoms with Crippen molar-refractivity contribution in [3.63, 3.8) is 0 Å². The monoisotopic (exact) mass is 499 g/mol. The maximum atomic E-state index is 12.9. The topological polar surface area (TPSA) is 105 Å². The Morgan fingerprint density at radius 2 is 1.57 bits per heavy atom. The summed E-state index contributed by atoms with van der Waals surface area (Å²) in [7, 11) is -3.51. The quantitative estimate of drug-likeness (QED) is 0.425. The van der Waals surface area contributed by atoms with E-state index in [0.29, 0.717) is 42.5 Å². The van der Waals surface area contributed by atoms with Crippen LogP contribution in [0.3, 0.4) is 0 Å². The molecule has 0 radical (unpaired) electrons. The lowest BCUT2D eigenvalue weighted by Crippen LogP contribution is -2.40. The fourth-order valence-corrected chi connectivity index (χ4v) is 5.07. The molecule has 2 amide bonds. The van der Waals surface area contributed by atoms with Gasteiger partial charge in [0, 0.05) is 24.7 Å². The molecule has 1 fully saturated rings. The van der Waals surface area contributed by atoms with Crippen LogP contribution in [0, 0.1) is 5.92 Å². The number of hydrazine groups is 1. The molecule has 188 valence electrons. The summed E-state index contributed by atoms with van der Waals surface area (Å²) in [5, 5.41) is 0. The molecule has 1 heterocycles. The van der Waals surface area contributed by atoms with Gasteiger partial charge in [-0.15, -0.1) is 0 Å². The number of amides is 2. The van der Waals surface area contributed by atoms with Crippen molar-refractivity contribution in [1.82, 2.24) is 15.2 Å². The van der Waals surface area contributed by atoms with Gasteiger partial charge in [-0.1, -0.05) is 38.8 Å². The Labute approximate surface area is 207 Å². The molecular weight excluding hydrogens is 466 g/mol. The molecule has 0 saturated carbocycles. The second-order valence-corrected chi connectivity index (χ2v) is 10.8. The molecule has 0 aliphatic carbocycles. The van der Waals surface area contributed by atoms with Gasteiger partial charge in [-0.25, -0.2) is 8.42 Å². The highest BCUT2D eigenvalue weighted by atomic mass is 32.2. The molecular formula is C26H33N3O5S. The molecule has 0 atom stereocenters. The molecule has 3 rings (SSSR count). The smallest absolute Gasteiger partial charge is 0.269 e. The fourth-order valence-electron chi connectivity index (χ4n) is 3.55. The summed E-state index contributed by atoms with van der Waals surface area (Å²) in [6, 6.07) is 13.0. The van der Waals surface area contributed by atoms with Crippen LogP contribution in [-0.4, -0.2) is 44.2 Å². The van der Waals surface area contributed by atoms with E-state index < -0.39 is 21.8 Å². The van der Waals surface area contributed by atoms with Gasteiger partial charge in [-0.2, -0.15) is 4.31 Å². The molecule has 2 aromatic rings. The lowest BCUT2D eigenvalue weighted by Gasteiger charge is -2.19. The van der Waals surface area contributed by atoms with E-state index >= 15 is 0 Å². The Kier molecular flexibility index (Phi) is 9.45. The molecule has 1 saturated heterocycles. The molecule has 1 aliphatic heterocycles. The van der Waals surface area contributed by atoms with Crippen LogP contribution in [0.4, 0.5) is 0 Å². The minimum atomic E-state index is -3.51. The number of nitrogens with zero attached hydrogens (tertiary/aromatic N) is 1. The third-order valence-electron chi connectivity index (χ3n) is 5.51. The van der Waals surface area contributed by atoms with Gasteiger partial charge in [0.2, 0.25) is 10.0 Å². The molecule has 0 spiro atoms. The Hall–Kier alpha value is -3.17. The van der Waals surface area contributed by atoms with Crippen molar-refractivity contribution in [3.05, 3.63) is 65.7 Å². The number of carbonyl (C=O) groups excluding carboxylic acids is 2. The van der Waals surface area contributed by atoms with E-state index in [4.69, 9.17) is 4.74 Å². The number of rotatable bonds is 8. The van der Waals surface area contributed by atoms with Crippen LogP contribution in [0.1, 0.15) is 55.5 Å². The number of hydrogen-bond donors (Lipinski definition) is 2. The van der Waals surface area contributed by atoms with E-state index in [-0.39, 0.29) is 4.90 Å². The molecule has 8 nitrogen and oxygen atoms in total. The zero-order valence-corrected chi connectivity index (χ0v) is 21.0. The molecule has 35 heavy (non-hydrogen) atoms. The van der Waals surface area contributed by atoms with Crippen LogP contribution in [0.15, 0.2) is 59.5 Å². The first-order chi connectivity index (χ1) is 16.8. The lowest BCUT2D eigenvalue weighted by molar-refractivity contribution is -0.117. The zero-order valence-electron chi connectivity index (χ0n) is 20.2. The van der Waals surface area contributed by atoms with E-state index in [2.05, 4.69) is 24.7 Å². The standard InChI is InChI=1S/C26H33N3O5S/c1-20(2)19-34-23-12-10-22(11-13-23)26(31)28-27-25(30)16-9-21-7-14-24(15-8-21)35(32,33)29-17-5-3-4-6-18-29/h7-16,20H,3-6,17-19H2,1-2H3,(H,27,30)(H,28,31). The van der Waals surface area contributed by atoms with Crippen molar-refractivity contribution in [2.45, 2.75) is 44.4 Å². The van der Waals surface area contributed by atoms with E-state index in [0.717, 1.165) is 25.7 Å². The summed E-state index contributed by atoms with van der Waals surface area (Å²) < 4.78 is 32.9. The van der Waals surface area contributed by atoms with Crippen molar-refractivity contribution in [2.24, 2.45) is 5.92 Å². The van der Waals surface area contributed by atoms with Crippen LogP contribution in [-0.2, 0) is 14.8 Å². The first-order valence-corrected chi connectivity index (χ1v) is 13.3. The first-order valence-electron chi connectivity index (χ1n) is 11.9. The van der Waals surface area contributed by atoms with Crippen molar-refractivity contribution >= 4 is 27.9 Å². The highest BCUT2D eigenvalue weighted by molar-refractivity contribution is 7.89. The largest absolute Gasteiger partial charge is 0.493 e. The minimum Gasteiger partial charge on any atom is -0.493 e. The number of nitrogens with one attached hydrogen (secondary N) is 2. The van der Waals surface area contributed by atoms with Crippen molar-refractivity contribution in [2.75, 3.05) is 19.7 Å². The lowest BCUT2D eigenvalue weighted by atomic mass is 10.2. The normalized spacial score (nSPS) is 15.1.